The average molecular weight is 496 g/mol. The Kier molecular flexibility index (Phi) is 6.39. The van der Waals surface area contributed by atoms with E-state index in [1.165, 1.54) is 4.57 Å². The standard InChI is InChI=1S/C24H18ClN3O7/c1-34-22(31)16-15(17-20(29)26-24(33)27-21(17)30)18(12-6-4-3-5-7-12)28(19(16)23(32)35-2)14-10-8-13(25)9-11-14/h3-11,17H,1-2H3,(H2,26,27,29,30,33). The van der Waals surface area contributed by atoms with Crippen molar-refractivity contribution in [2.24, 2.45) is 0 Å². The Balaban J connectivity index is 2.21. The molecule has 35 heavy (non-hydrogen) atoms. The zero-order chi connectivity index (χ0) is 25.3. The molecule has 0 aliphatic carbocycles. The van der Waals surface area contributed by atoms with Gasteiger partial charge in [0.15, 0.2) is 0 Å². The minimum absolute atomic E-state index is 0.124. The summed E-state index contributed by atoms with van der Waals surface area (Å²) in [5.41, 5.74) is 0.290. The number of nitrogens with one attached hydrogen (secondary N) is 2. The summed E-state index contributed by atoms with van der Waals surface area (Å²) in [6, 6.07) is 13.9. The number of rotatable bonds is 5. The van der Waals surface area contributed by atoms with Crippen LogP contribution in [0.1, 0.15) is 32.3 Å². The average Bonchev–Trinajstić information content (AvgIpc) is 3.19. The first-order valence-corrected chi connectivity index (χ1v) is 10.6. The van der Waals surface area contributed by atoms with Gasteiger partial charge >= 0.3 is 18.0 Å². The summed E-state index contributed by atoms with van der Waals surface area (Å²) < 4.78 is 11.3. The van der Waals surface area contributed by atoms with E-state index in [0.29, 0.717) is 16.3 Å². The lowest BCUT2D eigenvalue weighted by molar-refractivity contribution is -0.132. The van der Waals surface area contributed by atoms with E-state index >= 15 is 0 Å². The summed E-state index contributed by atoms with van der Waals surface area (Å²) in [5.74, 6) is -5.50. The van der Waals surface area contributed by atoms with Crippen LogP contribution in [0.25, 0.3) is 16.9 Å². The van der Waals surface area contributed by atoms with Gasteiger partial charge in [0, 0.05) is 16.3 Å². The molecule has 0 atom stereocenters. The van der Waals surface area contributed by atoms with Gasteiger partial charge in [-0.2, -0.15) is 0 Å². The minimum atomic E-state index is -1.66. The highest BCUT2D eigenvalue weighted by Crippen LogP contribution is 2.40. The van der Waals surface area contributed by atoms with Crippen molar-refractivity contribution in [3.05, 3.63) is 76.4 Å². The molecule has 1 aliphatic heterocycles. The number of ether oxygens (including phenoxy) is 2. The second-order valence-corrected chi connectivity index (χ2v) is 7.82. The van der Waals surface area contributed by atoms with Crippen molar-refractivity contribution in [2.75, 3.05) is 14.2 Å². The number of urea groups is 1. The number of esters is 2. The number of benzene rings is 2. The molecule has 2 aromatic carbocycles. The number of carbonyl (C=O) groups excluding carboxylic acids is 5. The second kappa shape index (κ2) is 9.43. The maximum atomic E-state index is 13.1. The molecule has 0 saturated carbocycles. The molecule has 4 amide bonds. The molecule has 1 aliphatic rings. The van der Waals surface area contributed by atoms with Gasteiger partial charge in [0.05, 0.1) is 25.5 Å². The van der Waals surface area contributed by atoms with Gasteiger partial charge in [0.1, 0.15) is 11.6 Å². The predicted octanol–water partition coefficient (Wildman–Crippen LogP) is 2.82. The van der Waals surface area contributed by atoms with Crippen LogP contribution in [0.3, 0.4) is 0 Å². The van der Waals surface area contributed by atoms with E-state index < -0.39 is 35.7 Å². The summed E-state index contributed by atoms with van der Waals surface area (Å²) in [4.78, 5) is 63.7. The van der Waals surface area contributed by atoms with Crippen molar-refractivity contribution in [3.63, 3.8) is 0 Å². The Hall–Kier alpha value is -4.44. The van der Waals surface area contributed by atoms with Crippen LogP contribution >= 0.6 is 11.6 Å². The fourth-order valence-corrected chi connectivity index (χ4v) is 4.11. The molecular weight excluding hydrogens is 478 g/mol. The number of carbonyl (C=O) groups is 5. The van der Waals surface area contributed by atoms with Gasteiger partial charge in [-0.1, -0.05) is 41.9 Å². The van der Waals surface area contributed by atoms with E-state index in [4.69, 9.17) is 21.1 Å². The lowest BCUT2D eigenvalue weighted by atomic mass is 9.89. The van der Waals surface area contributed by atoms with E-state index in [9.17, 15) is 24.0 Å². The van der Waals surface area contributed by atoms with Crippen LogP contribution in [0.2, 0.25) is 5.02 Å². The Bertz CT molecular complexity index is 1340. The van der Waals surface area contributed by atoms with E-state index in [2.05, 4.69) is 0 Å². The Morgan fingerprint density at radius 1 is 0.857 bits per heavy atom. The Labute approximate surface area is 203 Å². The van der Waals surface area contributed by atoms with Gasteiger partial charge in [0.25, 0.3) is 0 Å². The molecule has 11 heteroatoms. The molecule has 0 unspecified atom stereocenters. The topological polar surface area (TPSA) is 133 Å². The molecule has 1 aromatic heterocycles. The van der Waals surface area contributed by atoms with Crippen molar-refractivity contribution < 1.29 is 33.4 Å². The van der Waals surface area contributed by atoms with E-state index in [1.807, 2.05) is 10.6 Å². The third-order valence-electron chi connectivity index (χ3n) is 5.40. The maximum Gasteiger partial charge on any atom is 0.355 e. The van der Waals surface area contributed by atoms with Gasteiger partial charge in [0.2, 0.25) is 11.8 Å². The van der Waals surface area contributed by atoms with E-state index in [-0.39, 0.29) is 22.5 Å². The molecule has 3 aromatic rings. The molecular formula is C24H18ClN3O7. The highest BCUT2D eigenvalue weighted by atomic mass is 35.5. The number of imide groups is 2. The quantitative estimate of drug-likeness (QED) is 0.410. The van der Waals surface area contributed by atoms with Crippen molar-refractivity contribution in [1.82, 2.24) is 15.2 Å². The van der Waals surface area contributed by atoms with Crippen LogP contribution in [-0.4, -0.2) is 48.6 Å². The number of hydrogen-bond donors (Lipinski definition) is 2. The number of aromatic nitrogens is 1. The van der Waals surface area contributed by atoms with Crippen LogP contribution in [0.4, 0.5) is 4.79 Å². The molecule has 1 saturated heterocycles. The van der Waals surface area contributed by atoms with Crippen molar-refractivity contribution >= 4 is 41.4 Å². The largest absolute Gasteiger partial charge is 0.465 e. The molecule has 0 spiro atoms. The van der Waals surface area contributed by atoms with Crippen molar-refractivity contribution in [3.8, 4) is 16.9 Å². The zero-order valence-electron chi connectivity index (χ0n) is 18.5. The molecule has 4 rings (SSSR count). The normalized spacial score (nSPS) is 13.7. The summed E-state index contributed by atoms with van der Waals surface area (Å²) in [7, 11) is 2.22. The van der Waals surface area contributed by atoms with Gasteiger partial charge in [-0.05, 0) is 29.8 Å². The number of halogens is 1. The second-order valence-electron chi connectivity index (χ2n) is 7.39. The van der Waals surface area contributed by atoms with Crippen LogP contribution in [0.5, 0.6) is 0 Å². The number of nitrogens with zero attached hydrogens (tertiary/aromatic N) is 1. The molecule has 2 heterocycles. The van der Waals surface area contributed by atoms with Crippen LogP contribution in [0, 0.1) is 0 Å². The summed E-state index contributed by atoms with van der Waals surface area (Å²) in [6.07, 6.45) is 0. The van der Waals surface area contributed by atoms with E-state index in [1.54, 1.807) is 54.6 Å². The first-order chi connectivity index (χ1) is 16.8. The Morgan fingerprint density at radius 3 is 1.97 bits per heavy atom. The first-order valence-electron chi connectivity index (χ1n) is 10.2. The molecule has 178 valence electrons. The lowest BCUT2D eigenvalue weighted by Crippen LogP contribution is -2.54. The number of hydrogen-bond acceptors (Lipinski definition) is 7. The lowest BCUT2D eigenvalue weighted by Gasteiger charge is -2.22. The van der Waals surface area contributed by atoms with Crippen molar-refractivity contribution in [2.45, 2.75) is 5.92 Å². The highest BCUT2D eigenvalue weighted by Gasteiger charge is 2.44. The number of methoxy groups -OCH3 is 2. The fourth-order valence-electron chi connectivity index (χ4n) is 3.98. The summed E-state index contributed by atoms with van der Waals surface area (Å²) >= 11 is 6.06. The van der Waals surface area contributed by atoms with Crippen LogP contribution in [0.15, 0.2) is 54.6 Å². The summed E-state index contributed by atoms with van der Waals surface area (Å²) in [5, 5.41) is 4.49. The molecule has 0 bridgehead atoms. The van der Waals surface area contributed by atoms with Crippen LogP contribution < -0.4 is 10.6 Å². The fraction of sp³-hybridized carbons (Fsp3) is 0.125. The minimum Gasteiger partial charge on any atom is -0.465 e. The van der Waals surface area contributed by atoms with Gasteiger partial charge in [-0.3, -0.25) is 20.2 Å². The molecule has 2 N–H and O–H groups in total. The van der Waals surface area contributed by atoms with Gasteiger partial charge < -0.3 is 14.0 Å². The number of barbiturate groups is 1. The third-order valence-corrected chi connectivity index (χ3v) is 5.65. The van der Waals surface area contributed by atoms with Crippen LogP contribution in [-0.2, 0) is 19.1 Å². The molecule has 1 fully saturated rings. The Morgan fingerprint density at radius 2 is 1.43 bits per heavy atom. The number of amides is 4. The van der Waals surface area contributed by atoms with Gasteiger partial charge in [-0.15, -0.1) is 0 Å². The SMILES string of the molecule is COC(=O)c1c(C2C(=O)NC(=O)NC2=O)c(-c2ccccc2)n(-c2ccc(Cl)cc2)c1C(=O)OC. The molecule has 10 nitrogen and oxygen atoms in total. The highest BCUT2D eigenvalue weighted by molar-refractivity contribution is 6.30. The maximum absolute atomic E-state index is 13.1. The smallest absolute Gasteiger partial charge is 0.355 e. The first kappa shape index (κ1) is 23.7. The third kappa shape index (κ3) is 4.15. The monoisotopic (exact) mass is 495 g/mol. The predicted molar refractivity (Wildman–Crippen MR) is 123 cm³/mol. The summed E-state index contributed by atoms with van der Waals surface area (Å²) in [6.45, 7) is 0. The van der Waals surface area contributed by atoms with E-state index in [0.717, 1.165) is 14.2 Å². The zero-order valence-corrected chi connectivity index (χ0v) is 19.2. The molecule has 0 radical (unpaired) electrons. The van der Waals surface area contributed by atoms with Crippen molar-refractivity contribution in [1.29, 1.82) is 0 Å². The van der Waals surface area contributed by atoms with Gasteiger partial charge in [-0.25, -0.2) is 14.4 Å².